The van der Waals surface area contributed by atoms with Crippen molar-refractivity contribution in [1.82, 2.24) is 0 Å². The lowest BCUT2D eigenvalue weighted by molar-refractivity contribution is 0.270. The van der Waals surface area contributed by atoms with E-state index in [2.05, 4.69) is 22.0 Å². The lowest BCUT2D eigenvalue weighted by Gasteiger charge is -2.26. The minimum atomic E-state index is -0.00160. The molecule has 1 atom stereocenters. The molecule has 1 aromatic carbocycles. The van der Waals surface area contributed by atoms with Crippen molar-refractivity contribution >= 4 is 21.6 Å². The second-order valence-corrected chi connectivity index (χ2v) is 4.33. The number of likely N-dealkylation sites (N-methyl/N-ethyl adjacent to an activating group) is 1. The number of benzene rings is 1. The lowest BCUT2D eigenvalue weighted by atomic mass is 10.1. The topological polar surface area (TPSA) is 47.3 Å². The van der Waals surface area contributed by atoms with E-state index in [4.69, 9.17) is 10.4 Å². The van der Waals surface area contributed by atoms with Crippen molar-refractivity contribution in [2.75, 3.05) is 18.6 Å². The normalized spacial score (nSPS) is 11.9. The van der Waals surface area contributed by atoms with Crippen LogP contribution in [-0.2, 0) is 0 Å². The Morgan fingerprint density at radius 1 is 1.60 bits per heavy atom. The number of hydrogen-bond acceptors (Lipinski definition) is 3. The number of nitriles is 1. The van der Waals surface area contributed by atoms with Crippen molar-refractivity contribution < 1.29 is 5.11 Å². The molecule has 0 bridgehead atoms. The molecule has 0 heterocycles. The highest BCUT2D eigenvalue weighted by atomic mass is 79.9. The molecule has 0 aromatic heterocycles. The first kappa shape index (κ1) is 12.0. The maximum atomic E-state index is 9.05. The van der Waals surface area contributed by atoms with Crippen LogP contribution in [0.3, 0.4) is 0 Å². The zero-order valence-corrected chi connectivity index (χ0v) is 10.3. The minimum absolute atomic E-state index is 0.00160. The zero-order valence-electron chi connectivity index (χ0n) is 8.74. The number of rotatable bonds is 3. The number of hydrogen-bond donors (Lipinski definition) is 1. The fourth-order valence-corrected chi connectivity index (χ4v) is 1.63. The first-order valence-electron chi connectivity index (χ1n) is 4.63. The first-order chi connectivity index (χ1) is 7.10. The van der Waals surface area contributed by atoms with Gasteiger partial charge in [0, 0.05) is 17.6 Å². The van der Waals surface area contributed by atoms with Crippen LogP contribution in [0.25, 0.3) is 0 Å². The third-order valence-corrected chi connectivity index (χ3v) is 2.88. The van der Waals surface area contributed by atoms with Crippen molar-refractivity contribution in [2.45, 2.75) is 13.0 Å². The van der Waals surface area contributed by atoms with Crippen molar-refractivity contribution in [3.8, 4) is 6.07 Å². The Labute approximate surface area is 98.1 Å². The average Bonchev–Trinajstić information content (AvgIpc) is 2.26. The van der Waals surface area contributed by atoms with Gasteiger partial charge in [0.1, 0.15) is 6.07 Å². The molecule has 0 aliphatic heterocycles. The van der Waals surface area contributed by atoms with Gasteiger partial charge in [-0.15, -0.1) is 0 Å². The van der Waals surface area contributed by atoms with Crippen molar-refractivity contribution in [2.24, 2.45) is 0 Å². The van der Waals surface area contributed by atoms with Crippen molar-refractivity contribution in [3.05, 3.63) is 28.2 Å². The molecule has 0 aliphatic rings. The molecular formula is C11H13BrN2O. The number of halogens is 1. The van der Waals surface area contributed by atoms with Crippen LogP contribution in [-0.4, -0.2) is 24.8 Å². The molecule has 0 spiro atoms. The highest BCUT2D eigenvalue weighted by Crippen LogP contribution is 2.24. The van der Waals surface area contributed by atoms with E-state index in [0.717, 1.165) is 10.2 Å². The zero-order chi connectivity index (χ0) is 11.4. The van der Waals surface area contributed by atoms with E-state index in [1.165, 1.54) is 0 Å². The molecule has 0 aliphatic carbocycles. The standard InChI is InChI=1S/C11H13BrN2O/c1-8(7-15)14(2)11-4-3-10(12)5-9(11)6-13/h3-5,8,15H,7H2,1-2H3. The Balaban J connectivity index is 3.09. The summed E-state index contributed by atoms with van der Waals surface area (Å²) in [5, 5.41) is 18.0. The molecule has 0 amide bonds. The molecule has 1 N–H and O–H groups in total. The monoisotopic (exact) mass is 268 g/mol. The summed E-state index contributed by atoms with van der Waals surface area (Å²) in [7, 11) is 1.87. The largest absolute Gasteiger partial charge is 0.394 e. The molecule has 3 nitrogen and oxygen atoms in total. The third kappa shape index (κ3) is 2.71. The Morgan fingerprint density at radius 2 is 2.27 bits per heavy atom. The van der Waals surface area contributed by atoms with Crippen LogP contribution in [0.1, 0.15) is 12.5 Å². The maximum Gasteiger partial charge on any atom is 0.101 e. The third-order valence-electron chi connectivity index (χ3n) is 2.38. The second-order valence-electron chi connectivity index (χ2n) is 3.42. The van der Waals surface area contributed by atoms with Crippen LogP contribution in [0.5, 0.6) is 0 Å². The highest BCUT2D eigenvalue weighted by molar-refractivity contribution is 9.10. The minimum Gasteiger partial charge on any atom is -0.394 e. The van der Waals surface area contributed by atoms with Gasteiger partial charge < -0.3 is 10.0 Å². The Kier molecular flexibility index (Phi) is 4.13. The van der Waals surface area contributed by atoms with Crippen LogP contribution in [0.15, 0.2) is 22.7 Å². The first-order valence-corrected chi connectivity index (χ1v) is 5.42. The summed E-state index contributed by atoms with van der Waals surface area (Å²) < 4.78 is 0.882. The predicted molar refractivity (Wildman–Crippen MR) is 63.8 cm³/mol. The molecule has 1 aromatic rings. The molecule has 0 fully saturated rings. The van der Waals surface area contributed by atoms with E-state index in [1.54, 1.807) is 6.07 Å². The Hall–Kier alpha value is -1.05. The summed E-state index contributed by atoms with van der Waals surface area (Å²) in [5.41, 5.74) is 1.44. The van der Waals surface area contributed by atoms with Gasteiger partial charge in [-0.25, -0.2) is 0 Å². The van der Waals surface area contributed by atoms with E-state index in [-0.39, 0.29) is 12.6 Å². The van der Waals surface area contributed by atoms with E-state index < -0.39 is 0 Å². The molecule has 1 unspecified atom stereocenters. The second kappa shape index (κ2) is 5.15. The summed E-state index contributed by atoms with van der Waals surface area (Å²) in [6, 6.07) is 7.67. The van der Waals surface area contributed by atoms with E-state index in [1.807, 2.05) is 31.0 Å². The van der Waals surface area contributed by atoms with Crippen molar-refractivity contribution in [1.29, 1.82) is 5.26 Å². The van der Waals surface area contributed by atoms with E-state index >= 15 is 0 Å². The Morgan fingerprint density at radius 3 is 2.80 bits per heavy atom. The van der Waals surface area contributed by atoms with Gasteiger partial charge in [-0.3, -0.25) is 0 Å². The van der Waals surface area contributed by atoms with Crippen LogP contribution < -0.4 is 4.90 Å². The average molecular weight is 269 g/mol. The summed E-state index contributed by atoms with van der Waals surface area (Å²) in [6.45, 7) is 1.97. The molecular weight excluding hydrogens is 256 g/mol. The molecule has 0 saturated carbocycles. The summed E-state index contributed by atoms with van der Waals surface area (Å²) in [4.78, 5) is 1.89. The van der Waals surface area contributed by atoms with Gasteiger partial charge in [0.25, 0.3) is 0 Å². The number of nitrogens with zero attached hydrogens (tertiary/aromatic N) is 2. The maximum absolute atomic E-state index is 9.05. The Bertz CT molecular complexity index is 387. The van der Waals surface area contributed by atoms with Gasteiger partial charge in [-0.1, -0.05) is 15.9 Å². The number of aliphatic hydroxyl groups is 1. The number of anilines is 1. The van der Waals surface area contributed by atoms with Crippen LogP contribution >= 0.6 is 15.9 Å². The van der Waals surface area contributed by atoms with E-state index in [0.29, 0.717) is 5.56 Å². The quantitative estimate of drug-likeness (QED) is 0.914. The fourth-order valence-electron chi connectivity index (χ4n) is 1.27. The SMILES string of the molecule is CC(CO)N(C)c1ccc(Br)cc1C#N. The predicted octanol–water partition coefficient (Wildman–Crippen LogP) is 2.14. The summed E-state index contributed by atoms with van der Waals surface area (Å²) >= 11 is 3.32. The summed E-state index contributed by atoms with van der Waals surface area (Å²) in [5.74, 6) is 0. The van der Waals surface area contributed by atoms with Crippen molar-refractivity contribution in [3.63, 3.8) is 0 Å². The van der Waals surface area contributed by atoms with Gasteiger partial charge >= 0.3 is 0 Å². The van der Waals surface area contributed by atoms with Gasteiger partial charge in [0.2, 0.25) is 0 Å². The number of aliphatic hydroxyl groups excluding tert-OH is 1. The molecule has 1 rings (SSSR count). The molecule has 4 heteroatoms. The van der Waals surface area contributed by atoms with Crippen LogP contribution in [0, 0.1) is 11.3 Å². The lowest BCUT2D eigenvalue weighted by Crippen LogP contribution is -2.32. The molecule has 0 radical (unpaired) electrons. The van der Waals surface area contributed by atoms with E-state index in [9.17, 15) is 0 Å². The van der Waals surface area contributed by atoms with Gasteiger partial charge in [0.15, 0.2) is 0 Å². The molecule has 15 heavy (non-hydrogen) atoms. The van der Waals surface area contributed by atoms with Gasteiger partial charge in [-0.05, 0) is 25.1 Å². The highest BCUT2D eigenvalue weighted by Gasteiger charge is 2.12. The molecule has 80 valence electrons. The van der Waals surface area contributed by atoms with Gasteiger partial charge in [-0.2, -0.15) is 5.26 Å². The molecule has 0 saturated heterocycles. The van der Waals surface area contributed by atoms with Gasteiger partial charge in [0.05, 0.1) is 17.9 Å². The smallest absolute Gasteiger partial charge is 0.101 e. The fraction of sp³-hybridized carbons (Fsp3) is 0.364. The van der Waals surface area contributed by atoms with Crippen LogP contribution in [0.4, 0.5) is 5.69 Å². The summed E-state index contributed by atoms with van der Waals surface area (Å²) in [6.07, 6.45) is 0. The van der Waals surface area contributed by atoms with Crippen LogP contribution in [0.2, 0.25) is 0 Å².